The van der Waals surface area contributed by atoms with Gasteiger partial charge in [-0.1, -0.05) is 12.8 Å². The number of rotatable bonds is 12. The van der Waals surface area contributed by atoms with Crippen molar-refractivity contribution in [3.63, 3.8) is 0 Å². The maximum Gasteiger partial charge on any atom is 0.338 e. The molecule has 0 atom stereocenters. The Morgan fingerprint density at radius 3 is 1.40 bits per heavy atom. The Morgan fingerprint density at radius 2 is 1.04 bits per heavy atom. The third-order valence-electron chi connectivity index (χ3n) is 5.78. The minimum absolute atomic E-state index is 0.805. The van der Waals surface area contributed by atoms with Crippen LogP contribution in [-0.4, -0.2) is 70.8 Å². The highest BCUT2D eigenvalue weighted by atomic mass is 28.4. The van der Waals surface area contributed by atoms with Gasteiger partial charge in [-0.2, -0.15) is 0 Å². The molecule has 0 bridgehead atoms. The average Bonchev–Trinajstić information content (AvgIpc) is 2.64. The van der Waals surface area contributed by atoms with Crippen LogP contribution in [0.2, 0.25) is 12.1 Å². The zero-order valence-corrected chi connectivity index (χ0v) is 17.9. The predicted molar refractivity (Wildman–Crippen MR) is 108 cm³/mol. The lowest BCUT2D eigenvalue weighted by Crippen LogP contribution is -2.44. The second-order valence-electron chi connectivity index (χ2n) is 7.79. The summed E-state index contributed by atoms with van der Waals surface area (Å²) in [5.41, 5.74) is 0. The van der Waals surface area contributed by atoms with E-state index in [0.29, 0.717) is 0 Å². The second kappa shape index (κ2) is 12.4. The molecule has 148 valence electrons. The molecular formula is C20H42N2O2Si. The van der Waals surface area contributed by atoms with Crippen LogP contribution in [0.3, 0.4) is 0 Å². The number of hydrogen-bond donors (Lipinski definition) is 0. The van der Waals surface area contributed by atoms with E-state index >= 15 is 0 Å². The van der Waals surface area contributed by atoms with Gasteiger partial charge in [0.25, 0.3) is 0 Å². The molecule has 0 spiro atoms. The predicted octanol–water partition coefficient (Wildman–Crippen LogP) is 4.25. The summed E-state index contributed by atoms with van der Waals surface area (Å²) in [6.07, 6.45) is 10.9. The Labute approximate surface area is 157 Å². The van der Waals surface area contributed by atoms with E-state index in [1.807, 2.05) is 0 Å². The lowest BCUT2D eigenvalue weighted by Gasteiger charge is -2.33. The van der Waals surface area contributed by atoms with Gasteiger partial charge in [-0.05, 0) is 104 Å². The minimum atomic E-state index is -2.02. The smallest absolute Gasteiger partial charge is 0.338 e. The van der Waals surface area contributed by atoms with Gasteiger partial charge in [-0.25, -0.2) is 0 Å². The van der Waals surface area contributed by atoms with Crippen molar-refractivity contribution in [2.24, 2.45) is 0 Å². The normalized spacial score (nSPS) is 20.9. The summed E-state index contributed by atoms with van der Waals surface area (Å²) in [5, 5.41) is 0. The Hall–Kier alpha value is 0.0569. The molecule has 2 fully saturated rings. The van der Waals surface area contributed by atoms with Crippen molar-refractivity contribution in [2.75, 3.05) is 52.5 Å². The summed E-state index contributed by atoms with van der Waals surface area (Å²) in [7, 11) is -2.02. The van der Waals surface area contributed by atoms with Crippen molar-refractivity contribution in [2.45, 2.75) is 77.3 Å². The third kappa shape index (κ3) is 8.08. The maximum atomic E-state index is 6.33. The van der Waals surface area contributed by atoms with Gasteiger partial charge in [0.15, 0.2) is 0 Å². The molecule has 0 amide bonds. The van der Waals surface area contributed by atoms with Crippen LogP contribution in [0, 0.1) is 0 Å². The van der Waals surface area contributed by atoms with Crippen molar-refractivity contribution < 1.29 is 8.85 Å². The van der Waals surface area contributed by atoms with Crippen LogP contribution in [0.15, 0.2) is 0 Å². The molecule has 0 radical (unpaired) electrons. The molecule has 2 aliphatic rings. The van der Waals surface area contributed by atoms with E-state index in [0.717, 1.165) is 13.2 Å². The van der Waals surface area contributed by atoms with Crippen LogP contribution in [0.4, 0.5) is 0 Å². The van der Waals surface area contributed by atoms with Gasteiger partial charge in [0.05, 0.1) is 0 Å². The molecule has 0 aliphatic carbocycles. The van der Waals surface area contributed by atoms with Crippen LogP contribution < -0.4 is 0 Å². The summed E-state index contributed by atoms with van der Waals surface area (Å²) < 4.78 is 12.7. The fraction of sp³-hybridized carbons (Fsp3) is 1.00. The topological polar surface area (TPSA) is 24.9 Å². The van der Waals surface area contributed by atoms with Gasteiger partial charge in [-0.3, -0.25) is 0 Å². The monoisotopic (exact) mass is 370 g/mol. The third-order valence-corrected chi connectivity index (χ3v) is 9.64. The van der Waals surface area contributed by atoms with E-state index < -0.39 is 8.56 Å². The Bertz CT molecular complexity index is 300. The lowest BCUT2D eigenvalue weighted by atomic mass is 10.1. The first-order valence-corrected chi connectivity index (χ1v) is 13.2. The highest BCUT2D eigenvalue weighted by molar-refractivity contribution is 6.67. The summed E-state index contributed by atoms with van der Waals surface area (Å²) in [5.74, 6) is 0. The van der Waals surface area contributed by atoms with Gasteiger partial charge >= 0.3 is 8.56 Å². The average molecular weight is 371 g/mol. The van der Waals surface area contributed by atoms with Crippen LogP contribution in [0.1, 0.15) is 65.2 Å². The van der Waals surface area contributed by atoms with E-state index in [-0.39, 0.29) is 0 Å². The molecule has 0 N–H and O–H groups in total. The van der Waals surface area contributed by atoms with Crippen LogP contribution in [0.25, 0.3) is 0 Å². The summed E-state index contributed by atoms with van der Waals surface area (Å²) in [6.45, 7) is 13.5. The first-order chi connectivity index (χ1) is 12.3. The van der Waals surface area contributed by atoms with Gasteiger partial charge < -0.3 is 18.7 Å². The molecule has 4 nitrogen and oxygen atoms in total. The van der Waals surface area contributed by atoms with Crippen molar-refractivity contribution in [3.05, 3.63) is 0 Å². The van der Waals surface area contributed by atoms with Gasteiger partial charge in [0, 0.05) is 13.2 Å². The SMILES string of the molecule is CCO[Si](CCCN1CCCCC1)(CCCN1CCCCC1)OCC. The Balaban J connectivity index is 1.76. The summed E-state index contributed by atoms with van der Waals surface area (Å²) in [6, 6.07) is 2.34. The molecular weight excluding hydrogens is 328 g/mol. The van der Waals surface area contributed by atoms with E-state index in [2.05, 4.69) is 23.6 Å². The van der Waals surface area contributed by atoms with E-state index in [1.165, 1.54) is 103 Å². The van der Waals surface area contributed by atoms with Crippen LogP contribution >= 0.6 is 0 Å². The van der Waals surface area contributed by atoms with Crippen molar-refractivity contribution >= 4 is 8.56 Å². The van der Waals surface area contributed by atoms with Crippen molar-refractivity contribution in [1.82, 2.24) is 9.80 Å². The largest absolute Gasteiger partial charge is 0.394 e. The molecule has 0 aromatic carbocycles. The summed E-state index contributed by atoms with van der Waals surface area (Å²) >= 11 is 0. The molecule has 5 heteroatoms. The fourth-order valence-corrected chi connectivity index (χ4v) is 7.85. The summed E-state index contributed by atoms with van der Waals surface area (Å²) in [4.78, 5) is 5.29. The molecule has 2 heterocycles. The minimum Gasteiger partial charge on any atom is -0.394 e. The molecule has 0 unspecified atom stereocenters. The number of piperidine rings is 2. The first kappa shape index (κ1) is 21.4. The van der Waals surface area contributed by atoms with Crippen LogP contribution in [0.5, 0.6) is 0 Å². The fourth-order valence-electron chi connectivity index (χ4n) is 4.49. The van der Waals surface area contributed by atoms with Crippen LogP contribution in [-0.2, 0) is 8.85 Å². The molecule has 0 saturated carbocycles. The lowest BCUT2D eigenvalue weighted by molar-refractivity contribution is 0.172. The molecule has 2 saturated heterocycles. The van der Waals surface area contributed by atoms with E-state index in [1.54, 1.807) is 0 Å². The molecule has 25 heavy (non-hydrogen) atoms. The highest BCUT2D eigenvalue weighted by Crippen LogP contribution is 2.24. The highest BCUT2D eigenvalue weighted by Gasteiger charge is 2.36. The number of nitrogens with zero attached hydrogens (tertiary/aromatic N) is 2. The quantitative estimate of drug-likeness (QED) is 0.479. The molecule has 0 aromatic heterocycles. The standard InChI is InChI=1S/C20H42N2O2Si/c1-3-23-25(24-4-2,19-11-17-21-13-7-5-8-14-21)20-12-18-22-15-9-6-10-16-22/h3-20H2,1-2H3. The van der Waals surface area contributed by atoms with Crippen molar-refractivity contribution in [3.8, 4) is 0 Å². The zero-order chi connectivity index (χ0) is 17.8. The number of hydrogen-bond acceptors (Lipinski definition) is 4. The van der Waals surface area contributed by atoms with E-state index in [4.69, 9.17) is 8.85 Å². The van der Waals surface area contributed by atoms with Gasteiger partial charge in [-0.15, -0.1) is 0 Å². The Kier molecular flexibility index (Phi) is 10.6. The molecule has 2 rings (SSSR count). The van der Waals surface area contributed by atoms with Gasteiger partial charge in [0.2, 0.25) is 0 Å². The molecule has 2 aliphatic heterocycles. The van der Waals surface area contributed by atoms with Crippen molar-refractivity contribution in [1.29, 1.82) is 0 Å². The van der Waals surface area contributed by atoms with E-state index in [9.17, 15) is 0 Å². The molecule has 0 aromatic rings. The first-order valence-electron chi connectivity index (χ1n) is 11.0. The zero-order valence-electron chi connectivity index (χ0n) is 16.9. The maximum absolute atomic E-state index is 6.33. The number of likely N-dealkylation sites (tertiary alicyclic amines) is 2. The Morgan fingerprint density at radius 1 is 0.640 bits per heavy atom. The second-order valence-corrected chi connectivity index (χ2v) is 11.2. The van der Waals surface area contributed by atoms with Gasteiger partial charge in [0.1, 0.15) is 0 Å².